The number of non-ortho nitro benzene ring substituents is 1. The van der Waals surface area contributed by atoms with Crippen molar-refractivity contribution >= 4 is 11.7 Å². The number of nitrogens with zero attached hydrogens (tertiary/aromatic N) is 1. The molecule has 2 atom stereocenters. The normalized spacial score (nSPS) is 19.7. The molecule has 1 N–H and O–H groups in total. The Bertz CT molecular complexity index is 969. The number of nitro groups is 1. The predicted octanol–water partition coefficient (Wildman–Crippen LogP) is 6.02. The summed E-state index contributed by atoms with van der Waals surface area (Å²) in [5.41, 5.74) is 1.22. The van der Waals surface area contributed by atoms with E-state index < -0.39 is 22.4 Å². The third kappa shape index (κ3) is 5.13. The SMILES string of the molecule is CCCC1(CCc2ccccc2)CC(O)=C(C(CC)c2cccc([N+](=O)[O-])c2)C(=O)O1. The molecule has 31 heavy (non-hydrogen) atoms. The number of ether oxygens (including phenoxy) is 1. The minimum absolute atomic E-state index is 0.0381. The summed E-state index contributed by atoms with van der Waals surface area (Å²) in [6, 6.07) is 16.2. The van der Waals surface area contributed by atoms with Gasteiger partial charge in [0.25, 0.3) is 5.69 Å². The van der Waals surface area contributed by atoms with Crippen molar-refractivity contribution in [2.24, 2.45) is 0 Å². The van der Waals surface area contributed by atoms with Crippen LogP contribution in [0.2, 0.25) is 0 Å². The van der Waals surface area contributed by atoms with Crippen LogP contribution in [0.15, 0.2) is 65.9 Å². The van der Waals surface area contributed by atoms with Crippen LogP contribution in [0.25, 0.3) is 0 Å². The summed E-state index contributed by atoms with van der Waals surface area (Å²) in [6.45, 7) is 3.92. The van der Waals surface area contributed by atoms with Gasteiger partial charge >= 0.3 is 5.97 Å². The fourth-order valence-electron chi connectivity index (χ4n) is 4.49. The summed E-state index contributed by atoms with van der Waals surface area (Å²) in [6.07, 6.45) is 3.64. The maximum atomic E-state index is 13.1. The first kappa shape index (κ1) is 22.5. The van der Waals surface area contributed by atoms with Crippen molar-refractivity contribution in [1.82, 2.24) is 0 Å². The van der Waals surface area contributed by atoms with Gasteiger partial charge in [0.05, 0.1) is 10.5 Å². The molecule has 0 spiro atoms. The number of cyclic esters (lactones) is 1. The Hall–Kier alpha value is -3.15. The monoisotopic (exact) mass is 423 g/mol. The van der Waals surface area contributed by atoms with Gasteiger partial charge in [-0.15, -0.1) is 0 Å². The average Bonchev–Trinajstić information content (AvgIpc) is 2.76. The van der Waals surface area contributed by atoms with Crippen LogP contribution in [0.5, 0.6) is 0 Å². The first-order valence-corrected chi connectivity index (χ1v) is 10.8. The molecule has 0 amide bonds. The Labute approximate surface area is 182 Å². The molecular formula is C25H29NO5. The Balaban J connectivity index is 1.89. The zero-order valence-corrected chi connectivity index (χ0v) is 18.0. The minimum atomic E-state index is -0.740. The fourth-order valence-corrected chi connectivity index (χ4v) is 4.49. The van der Waals surface area contributed by atoms with E-state index in [9.17, 15) is 20.0 Å². The molecule has 2 aromatic carbocycles. The van der Waals surface area contributed by atoms with E-state index in [0.717, 1.165) is 18.4 Å². The van der Waals surface area contributed by atoms with Crippen LogP contribution in [0.3, 0.4) is 0 Å². The van der Waals surface area contributed by atoms with E-state index in [2.05, 4.69) is 0 Å². The Morgan fingerprint density at radius 3 is 2.48 bits per heavy atom. The number of rotatable bonds is 9. The van der Waals surface area contributed by atoms with Gasteiger partial charge in [-0.05, 0) is 36.8 Å². The smallest absolute Gasteiger partial charge is 0.338 e. The maximum Gasteiger partial charge on any atom is 0.338 e. The molecule has 0 bridgehead atoms. The molecule has 2 aromatic rings. The lowest BCUT2D eigenvalue weighted by Gasteiger charge is -2.38. The highest BCUT2D eigenvalue weighted by molar-refractivity contribution is 5.92. The van der Waals surface area contributed by atoms with Gasteiger partial charge < -0.3 is 9.84 Å². The topological polar surface area (TPSA) is 89.7 Å². The quantitative estimate of drug-likeness (QED) is 0.303. The highest BCUT2D eigenvalue weighted by Crippen LogP contribution is 2.42. The van der Waals surface area contributed by atoms with Crippen LogP contribution >= 0.6 is 0 Å². The van der Waals surface area contributed by atoms with Gasteiger partial charge in [-0.25, -0.2) is 4.79 Å². The van der Waals surface area contributed by atoms with Gasteiger partial charge in [0, 0.05) is 24.5 Å². The van der Waals surface area contributed by atoms with Crippen LogP contribution < -0.4 is 0 Å². The van der Waals surface area contributed by atoms with Gasteiger partial charge in [0.15, 0.2) is 0 Å². The van der Waals surface area contributed by atoms with E-state index in [1.54, 1.807) is 12.1 Å². The second-order valence-corrected chi connectivity index (χ2v) is 8.16. The molecule has 0 saturated heterocycles. The largest absolute Gasteiger partial charge is 0.512 e. The van der Waals surface area contributed by atoms with E-state index in [1.807, 2.05) is 44.2 Å². The lowest BCUT2D eigenvalue weighted by atomic mass is 9.80. The maximum absolute atomic E-state index is 13.1. The number of esters is 1. The molecule has 1 heterocycles. The number of hydrogen-bond donors (Lipinski definition) is 1. The summed E-state index contributed by atoms with van der Waals surface area (Å²) >= 11 is 0. The molecule has 6 heteroatoms. The molecule has 3 rings (SSSR count). The number of nitro benzene ring substituents is 1. The third-order valence-electron chi connectivity index (χ3n) is 5.99. The Morgan fingerprint density at radius 1 is 1.13 bits per heavy atom. The first-order chi connectivity index (χ1) is 14.9. The zero-order chi connectivity index (χ0) is 22.4. The standard InChI is InChI=1S/C25H29NO5/c1-3-14-25(15-13-18-9-6-5-7-10-18)17-22(27)23(24(28)31-25)21(4-2)19-11-8-12-20(16-19)26(29)30/h5-12,16,21,27H,3-4,13-15,17H2,1-2H3. The highest BCUT2D eigenvalue weighted by Gasteiger charge is 2.43. The van der Waals surface area contributed by atoms with Crippen LogP contribution in [-0.4, -0.2) is 21.6 Å². The second-order valence-electron chi connectivity index (χ2n) is 8.16. The molecule has 164 valence electrons. The van der Waals surface area contributed by atoms with Gasteiger partial charge in [-0.3, -0.25) is 10.1 Å². The summed E-state index contributed by atoms with van der Waals surface area (Å²) in [5.74, 6) is -0.944. The second kappa shape index (κ2) is 9.77. The average molecular weight is 424 g/mol. The molecule has 2 unspecified atom stereocenters. The number of hydrogen-bond acceptors (Lipinski definition) is 5. The van der Waals surface area contributed by atoms with Crippen LogP contribution in [0.4, 0.5) is 5.69 Å². The number of carbonyl (C=O) groups is 1. The Morgan fingerprint density at radius 2 is 1.87 bits per heavy atom. The lowest BCUT2D eigenvalue weighted by molar-refractivity contribution is -0.384. The van der Waals surface area contributed by atoms with Crippen molar-refractivity contribution < 1.29 is 19.6 Å². The van der Waals surface area contributed by atoms with Crippen molar-refractivity contribution in [3.63, 3.8) is 0 Å². The molecule has 0 radical (unpaired) electrons. The van der Waals surface area contributed by atoms with Crippen LogP contribution in [-0.2, 0) is 16.0 Å². The number of aryl methyl sites for hydroxylation is 1. The van der Waals surface area contributed by atoms with Gasteiger partial charge in [0.2, 0.25) is 0 Å². The summed E-state index contributed by atoms with van der Waals surface area (Å²) in [7, 11) is 0. The lowest BCUT2D eigenvalue weighted by Crippen LogP contribution is -2.41. The van der Waals surface area contributed by atoms with E-state index in [1.165, 1.54) is 12.1 Å². The van der Waals surface area contributed by atoms with Crippen LogP contribution in [0, 0.1) is 10.1 Å². The summed E-state index contributed by atoms with van der Waals surface area (Å²) in [5, 5.41) is 22.2. The summed E-state index contributed by atoms with van der Waals surface area (Å²) < 4.78 is 6.01. The van der Waals surface area contributed by atoms with Gasteiger partial charge in [0.1, 0.15) is 11.4 Å². The van der Waals surface area contributed by atoms with Gasteiger partial charge in [-0.2, -0.15) is 0 Å². The number of aliphatic hydroxyl groups is 1. The summed E-state index contributed by atoms with van der Waals surface area (Å²) in [4.78, 5) is 23.8. The molecule has 0 saturated carbocycles. The van der Waals surface area contributed by atoms with Gasteiger partial charge in [-0.1, -0.05) is 62.7 Å². The predicted molar refractivity (Wildman–Crippen MR) is 119 cm³/mol. The molecule has 0 aliphatic carbocycles. The number of carbonyl (C=O) groups excluding carboxylic acids is 1. The first-order valence-electron chi connectivity index (χ1n) is 10.8. The number of aliphatic hydroxyl groups excluding tert-OH is 1. The van der Waals surface area contributed by atoms with E-state index in [-0.39, 0.29) is 23.4 Å². The zero-order valence-electron chi connectivity index (χ0n) is 18.0. The van der Waals surface area contributed by atoms with Crippen molar-refractivity contribution in [2.45, 2.75) is 63.9 Å². The highest BCUT2D eigenvalue weighted by atomic mass is 16.6. The third-order valence-corrected chi connectivity index (χ3v) is 5.99. The fraction of sp³-hybridized carbons (Fsp3) is 0.400. The molecule has 0 fully saturated rings. The molecule has 6 nitrogen and oxygen atoms in total. The van der Waals surface area contributed by atoms with Crippen molar-refractivity contribution in [2.75, 3.05) is 0 Å². The molecule has 1 aliphatic heterocycles. The van der Waals surface area contributed by atoms with Crippen molar-refractivity contribution in [3.8, 4) is 0 Å². The Kier molecular flexibility index (Phi) is 7.10. The minimum Gasteiger partial charge on any atom is -0.512 e. The van der Waals surface area contributed by atoms with Crippen molar-refractivity contribution in [3.05, 3.63) is 87.2 Å². The van der Waals surface area contributed by atoms with E-state index in [0.29, 0.717) is 24.8 Å². The number of benzene rings is 2. The van der Waals surface area contributed by atoms with E-state index in [4.69, 9.17) is 4.74 Å². The molecular weight excluding hydrogens is 394 g/mol. The van der Waals surface area contributed by atoms with Crippen LogP contribution in [0.1, 0.15) is 63.0 Å². The van der Waals surface area contributed by atoms with Crippen molar-refractivity contribution in [1.29, 1.82) is 0 Å². The van der Waals surface area contributed by atoms with E-state index >= 15 is 0 Å². The molecule has 0 aromatic heterocycles. The molecule has 1 aliphatic rings.